The first-order valence-electron chi connectivity index (χ1n) is 9.52. The summed E-state index contributed by atoms with van der Waals surface area (Å²) in [4.78, 5) is 12.2. The van der Waals surface area contributed by atoms with Crippen LogP contribution in [0.15, 0.2) is 42.1 Å². The summed E-state index contributed by atoms with van der Waals surface area (Å²) in [6, 6.07) is 4.58. The molecule has 0 spiro atoms. The molecule has 9 heteroatoms. The molecule has 2 aromatic rings. The van der Waals surface area contributed by atoms with E-state index < -0.39 is 17.6 Å². The fourth-order valence-electron chi connectivity index (χ4n) is 3.47. The van der Waals surface area contributed by atoms with Gasteiger partial charge >= 0.3 is 6.18 Å². The predicted molar refractivity (Wildman–Crippen MR) is 107 cm³/mol. The lowest BCUT2D eigenvalue weighted by atomic mass is 9.89. The van der Waals surface area contributed by atoms with Crippen molar-refractivity contribution in [2.24, 2.45) is 0 Å². The van der Waals surface area contributed by atoms with Crippen LogP contribution in [0.5, 0.6) is 0 Å². The van der Waals surface area contributed by atoms with Crippen LogP contribution in [0.3, 0.4) is 0 Å². The highest BCUT2D eigenvalue weighted by Crippen LogP contribution is 2.33. The Labute approximate surface area is 171 Å². The summed E-state index contributed by atoms with van der Waals surface area (Å²) >= 11 is 1.22. The maximum Gasteiger partial charge on any atom is 0.416 e. The summed E-state index contributed by atoms with van der Waals surface area (Å²) < 4.78 is 40.4. The first-order valence-corrected chi connectivity index (χ1v) is 10.5. The molecule has 1 fully saturated rings. The maximum atomic E-state index is 12.8. The number of amides is 1. The largest absolute Gasteiger partial charge is 0.416 e. The Hall–Kier alpha value is -2.29. The molecule has 29 heavy (non-hydrogen) atoms. The molecule has 1 aromatic heterocycles. The van der Waals surface area contributed by atoms with Gasteiger partial charge in [-0.2, -0.15) is 13.2 Å². The number of hydrogen-bond acceptors (Lipinski definition) is 4. The number of allylic oxidation sites excluding steroid dienone is 1. The van der Waals surface area contributed by atoms with Crippen molar-refractivity contribution in [3.8, 4) is 0 Å². The summed E-state index contributed by atoms with van der Waals surface area (Å²) in [5.74, 6) is 0.910. The highest BCUT2D eigenvalue weighted by atomic mass is 32.2. The average Bonchev–Trinajstić information content (AvgIpc) is 3.09. The van der Waals surface area contributed by atoms with Crippen molar-refractivity contribution in [1.82, 2.24) is 14.8 Å². The van der Waals surface area contributed by atoms with Crippen molar-refractivity contribution in [2.75, 3.05) is 11.1 Å². The smallest absolute Gasteiger partial charge is 0.325 e. The second-order valence-corrected chi connectivity index (χ2v) is 7.93. The number of rotatable bonds is 7. The average molecular weight is 424 g/mol. The highest BCUT2D eigenvalue weighted by molar-refractivity contribution is 7.99. The van der Waals surface area contributed by atoms with Crippen molar-refractivity contribution < 1.29 is 18.0 Å². The van der Waals surface area contributed by atoms with Crippen LogP contribution in [0.2, 0.25) is 0 Å². The molecule has 1 saturated carbocycles. The zero-order chi connectivity index (χ0) is 20.9. The standard InChI is InChI=1S/C20H23F3N4OS/c1-2-11-27-18(14-7-4-3-5-8-14)25-26-19(27)29-13-17(28)24-16-10-6-9-15(12-16)20(21,22)23/h2,6,9-10,12,14H,1,3-5,7-8,11,13H2,(H,24,28). The van der Waals surface area contributed by atoms with Gasteiger partial charge in [0.15, 0.2) is 5.16 Å². The van der Waals surface area contributed by atoms with Crippen LogP contribution in [0.1, 0.15) is 49.4 Å². The zero-order valence-electron chi connectivity index (χ0n) is 15.9. The fourth-order valence-corrected chi connectivity index (χ4v) is 4.23. The van der Waals surface area contributed by atoms with E-state index in [1.54, 1.807) is 6.08 Å². The van der Waals surface area contributed by atoms with Gasteiger partial charge in [-0.25, -0.2) is 0 Å². The molecule has 0 radical (unpaired) electrons. The fraction of sp³-hybridized carbons (Fsp3) is 0.450. The topological polar surface area (TPSA) is 59.8 Å². The number of nitrogens with one attached hydrogen (secondary N) is 1. The number of carbonyl (C=O) groups is 1. The molecule has 1 N–H and O–H groups in total. The molecule has 1 aromatic carbocycles. The lowest BCUT2D eigenvalue weighted by Crippen LogP contribution is -2.16. The van der Waals surface area contributed by atoms with Crippen molar-refractivity contribution >= 4 is 23.4 Å². The molecular weight excluding hydrogens is 401 g/mol. The van der Waals surface area contributed by atoms with Gasteiger partial charge < -0.3 is 9.88 Å². The predicted octanol–water partition coefficient (Wildman–Crippen LogP) is 5.26. The van der Waals surface area contributed by atoms with Crippen LogP contribution in [0.4, 0.5) is 18.9 Å². The molecule has 156 valence electrons. The summed E-state index contributed by atoms with van der Waals surface area (Å²) in [5.41, 5.74) is -0.688. The third-order valence-electron chi connectivity index (χ3n) is 4.83. The first kappa shape index (κ1) is 21.4. The summed E-state index contributed by atoms with van der Waals surface area (Å²) in [6.45, 7) is 4.34. The Morgan fingerprint density at radius 3 is 2.72 bits per heavy atom. The lowest BCUT2D eigenvalue weighted by Gasteiger charge is -2.21. The quantitative estimate of drug-likeness (QED) is 0.486. The van der Waals surface area contributed by atoms with Gasteiger partial charge in [0.2, 0.25) is 5.91 Å². The van der Waals surface area contributed by atoms with Crippen LogP contribution < -0.4 is 5.32 Å². The number of anilines is 1. The van der Waals surface area contributed by atoms with Gasteiger partial charge in [-0.3, -0.25) is 4.79 Å². The number of alkyl halides is 3. The Morgan fingerprint density at radius 2 is 2.03 bits per heavy atom. The Bertz CT molecular complexity index is 860. The van der Waals surface area contributed by atoms with Crippen LogP contribution >= 0.6 is 11.8 Å². The zero-order valence-corrected chi connectivity index (χ0v) is 16.7. The van der Waals surface area contributed by atoms with Crippen LogP contribution in [-0.4, -0.2) is 26.4 Å². The monoisotopic (exact) mass is 424 g/mol. The Kier molecular flexibility index (Phi) is 7.00. The molecule has 0 bridgehead atoms. The molecular formula is C20H23F3N4OS. The summed E-state index contributed by atoms with van der Waals surface area (Å²) in [5, 5.41) is 11.7. The van der Waals surface area contributed by atoms with Crippen molar-refractivity contribution in [3.63, 3.8) is 0 Å². The van der Waals surface area contributed by atoms with Gasteiger partial charge in [0.25, 0.3) is 0 Å². The lowest BCUT2D eigenvalue weighted by molar-refractivity contribution is -0.137. The molecule has 0 atom stereocenters. The van der Waals surface area contributed by atoms with E-state index in [9.17, 15) is 18.0 Å². The second kappa shape index (κ2) is 9.47. The minimum Gasteiger partial charge on any atom is -0.325 e. The van der Waals surface area contributed by atoms with Crippen LogP contribution in [0.25, 0.3) is 0 Å². The number of halogens is 3. The van der Waals surface area contributed by atoms with E-state index in [1.165, 1.54) is 43.2 Å². The van der Waals surface area contributed by atoms with E-state index in [1.807, 2.05) is 4.57 Å². The maximum absolute atomic E-state index is 12.8. The third-order valence-corrected chi connectivity index (χ3v) is 5.80. The van der Waals surface area contributed by atoms with E-state index >= 15 is 0 Å². The minimum absolute atomic E-state index is 0.0240. The molecule has 0 unspecified atom stereocenters. The number of carbonyl (C=O) groups excluding carboxylic acids is 1. The first-order chi connectivity index (χ1) is 13.9. The second-order valence-electron chi connectivity index (χ2n) is 6.99. The van der Waals surface area contributed by atoms with E-state index in [2.05, 4.69) is 22.1 Å². The number of hydrogen-bond donors (Lipinski definition) is 1. The van der Waals surface area contributed by atoms with Gasteiger partial charge in [0.1, 0.15) is 5.82 Å². The van der Waals surface area contributed by atoms with Gasteiger partial charge in [-0.15, -0.1) is 16.8 Å². The Balaban J connectivity index is 1.64. The number of aromatic nitrogens is 3. The van der Waals surface area contributed by atoms with Crippen molar-refractivity contribution in [1.29, 1.82) is 0 Å². The molecule has 1 aliphatic rings. The molecule has 5 nitrogen and oxygen atoms in total. The van der Waals surface area contributed by atoms with Crippen molar-refractivity contribution in [3.05, 3.63) is 48.3 Å². The van der Waals surface area contributed by atoms with Crippen LogP contribution in [-0.2, 0) is 17.5 Å². The van der Waals surface area contributed by atoms with E-state index in [4.69, 9.17) is 0 Å². The number of thioether (sulfide) groups is 1. The van der Waals surface area contributed by atoms with Crippen molar-refractivity contribution in [2.45, 2.75) is 55.9 Å². The molecule has 0 saturated heterocycles. The molecule has 1 heterocycles. The normalized spacial score (nSPS) is 15.3. The summed E-state index contributed by atoms with van der Waals surface area (Å²) in [6.07, 6.45) is 3.06. The number of nitrogens with zero attached hydrogens (tertiary/aromatic N) is 3. The van der Waals surface area contributed by atoms with Gasteiger partial charge in [-0.1, -0.05) is 43.2 Å². The minimum atomic E-state index is -4.45. The molecule has 1 amide bonds. The number of benzene rings is 1. The van der Waals surface area contributed by atoms with E-state index in [0.29, 0.717) is 17.6 Å². The summed E-state index contributed by atoms with van der Waals surface area (Å²) in [7, 11) is 0. The molecule has 3 rings (SSSR count). The molecule has 0 aliphatic heterocycles. The van der Waals surface area contributed by atoms with E-state index in [0.717, 1.165) is 30.8 Å². The van der Waals surface area contributed by atoms with E-state index in [-0.39, 0.29) is 11.4 Å². The van der Waals surface area contributed by atoms with Gasteiger partial charge in [0, 0.05) is 18.2 Å². The third kappa shape index (κ3) is 5.62. The Morgan fingerprint density at radius 1 is 1.28 bits per heavy atom. The van der Waals surface area contributed by atoms with Gasteiger partial charge in [0.05, 0.1) is 11.3 Å². The molecule has 1 aliphatic carbocycles. The SMILES string of the molecule is C=CCn1c(SCC(=O)Nc2cccc(C(F)(F)F)c2)nnc1C1CCCCC1. The van der Waals surface area contributed by atoms with Crippen LogP contribution in [0, 0.1) is 0 Å². The van der Waals surface area contributed by atoms with Gasteiger partial charge in [-0.05, 0) is 31.0 Å². The highest BCUT2D eigenvalue weighted by Gasteiger charge is 2.30.